The zero-order valence-corrected chi connectivity index (χ0v) is 24.4. The van der Waals surface area contributed by atoms with Crippen LogP contribution in [0.3, 0.4) is 0 Å². The van der Waals surface area contributed by atoms with Gasteiger partial charge in [-0.05, 0) is 72.8 Å². The van der Waals surface area contributed by atoms with E-state index in [0.29, 0.717) is 43.9 Å². The summed E-state index contributed by atoms with van der Waals surface area (Å²) >= 11 is -0.596. The van der Waals surface area contributed by atoms with Crippen molar-refractivity contribution < 1.29 is 47.4 Å². The predicted octanol–water partition coefficient (Wildman–Crippen LogP) is 3.06. The highest BCUT2D eigenvalue weighted by molar-refractivity contribution is 7.85. The maximum atomic E-state index is 12.9. The molecule has 0 fully saturated rings. The van der Waals surface area contributed by atoms with Crippen molar-refractivity contribution in [3.8, 4) is 0 Å². The Morgan fingerprint density at radius 1 is 0.571 bits per heavy atom. The Balaban J connectivity index is 0.000000244. The molecule has 42 heavy (non-hydrogen) atoms. The van der Waals surface area contributed by atoms with Crippen molar-refractivity contribution in [3.63, 3.8) is 0 Å². The van der Waals surface area contributed by atoms with Gasteiger partial charge in [-0.1, -0.05) is 24.3 Å². The summed E-state index contributed by atoms with van der Waals surface area (Å²) in [4.78, 5) is 25.5. The second-order valence-electron chi connectivity index (χ2n) is 9.14. The molecule has 7 rings (SSSR count). The monoisotopic (exact) mass is 692 g/mol. The number of fused-ring (bicyclic) bond motifs is 4. The predicted molar refractivity (Wildman–Crippen MR) is 152 cm³/mol. The highest BCUT2D eigenvalue weighted by Crippen LogP contribution is 2.19. The molecule has 0 amide bonds. The summed E-state index contributed by atoms with van der Waals surface area (Å²) in [5.74, 6) is -0.572. The molecule has 0 N–H and O–H groups in total. The van der Waals surface area contributed by atoms with Gasteiger partial charge in [0.2, 0.25) is 10.9 Å². The molecule has 0 bridgehead atoms. The summed E-state index contributed by atoms with van der Waals surface area (Å²) in [5.41, 5.74) is 2.32. The van der Waals surface area contributed by atoms with Crippen LogP contribution >= 0.6 is 0 Å². The molecule has 0 unspecified atom stereocenters. The number of para-hydroxylation sites is 2. The molecule has 0 atom stereocenters. The average molecular weight is 692 g/mol. The molecular formula is C32H18FIO7S. The molecule has 0 radical (unpaired) electrons. The highest BCUT2D eigenvalue weighted by atomic mass is 127. The normalized spacial score (nSPS) is 11.6. The maximum absolute atomic E-state index is 12.9. The lowest BCUT2D eigenvalue weighted by Crippen LogP contribution is -3.61. The first-order valence-electron chi connectivity index (χ1n) is 12.4. The molecule has 7 nitrogen and oxygen atoms in total. The smallest absolute Gasteiger partial charge is 0.357 e. The molecule has 10 heteroatoms. The van der Waals surface area contributed by atoms with Gasteiger partial charge in [-0.3, -0.25) is 9.59 Å². The van der Waals surface area contributed by atoms with Crippen molar-refractivity contribution in [2.75, 3.05) is 0 Å². The summed E-state index contributed by atoms with van der Waals surface area (Å²) in [6.07, 6.45) is 0. The zero-order chi connectivity index (χ0) is 29.4. The van der Waals surface area contributed by atoms with Crippen molar-refractivity contribution in [1.82, 2.24) is 0 Å². The molecule has 0 spiro atoms. The van der Waals surface area contributed by atoms with E-state index in [1.54, 1.807) is 24.3 Å². The Labute approximate surface area is 247 Å². The van der Waals surface area contributed by atoms with E-state index >= 15 is 0 Å². The van der Waals surface area contributed by atoms with Crippen molar-refractivity contribution in [2.45, 2.75) is 4.90 Å². The zero-order valence-electron chi connectivity index (χ0n) is 21.4. The number of benzene rings is 5. The van der Waals surface area contributed by atoms with Crippen LogP contribution in [0.15, 0.2) is 133 Å². The molecule has 2 heterocycles. The summed E-state index contributed by atoms with van der Waals surface area (Å²) in [6.45, 7) is 0. The maximum Gasteiger partial charge on any atom is 0.357 e. The third kappa shape index (κ3) is 5.56. The summed E-state index contributed by atoms with van der Waals surface area (Å²) < 4.78 is 57.0. The van der Waals surface area contributed by atoms with E-state index in [9.17, 15) is 27.0 Å². The molecule has 0 aliphatic carbocycles. The summed E-state index contributed by atoms with van der Waals surface area (Å²) in [5, 5.41) is 2.34. The number of hydrogen-bond acceptors (Lipinski definition) is 7. The van der Waals surface area contributed by atoms with E-state index < -0.39 is 42.0 Å². The van der Waals surface area contributed by atoms with Crippen molar-refractivity contribution in [3.05, 3.63) is 143 Å². The number of halogens is 2. The van der Waals surface area contributed by atoms with Crippen LogP contribution in [-0.4, -0.2) is 13.0 Å². The van der Waals surface area contributed by atoms with Gasteiger partial charge in [0.05, 0.1) is 26.4 Å². The lowest BCUT2D eigenvalue weighted by Gasteiger charge is -2.04. The third-order valence-corrected chi connectivity index (χ3v) is 9.83. The van der Waals surface area contributed by atoms with Gasteiger partial charge in [0.1, 0.15) is 38.3 Å². The lowest BCUT2D eigenvalue weighted by atomic mass is 10.1. The molecule has 0 saturated heterocycles. The van der Waals surface area contributed by atoms with E-state index in [1.807, 2.05) is 60.7 Å². The Bertz CT molecular complexity index is 2230. The summed E-state index contributed by atoms with van der Waals surface area (Å²) in [7, 11) is -4.44. The Hall–Kier alpha value is -4.39. The van der Waals surface area contributed by atoms with Crippen LogP contribution in [0.2, 0.25) is 0 Å². The van der Waals surface area contributed by atoms with Gasteiger partial charge >= 0.3 is 21.2 Å². The number of rotatable bonds is 3. The van der Waals surface area contributed by atoms with Crippen molar-refractivity contribution in [1.29, 1.82) is 0 Å². The van der Waals surface area contributed by atoms with Gasteiger partial charge in [0.25, 0.3) is 0 Å². The van der Waals surface area contributed by atoms with Gasteiger partial charge < -0.3 is 13.4 Å². The fourth-order valence-electron chi connectivity index (χ4n) is 4.40. The second kappa shape index (κ2) is 11.1. The number of hydrogen-bond donors (Lipinski definition) is 0. The minimum Gasteiger partial charge on any atom is -0.744 e. The fraction of sp³-hybridized carbons (Fsp3) is 0. The lowest BCUT2D eigenvalue weighted by molar-refractivity contribution is -0.597. The minimum atomic E-state index is -4.44. The van der Waals surface area contributed by atoms with Crippen LogP contribution < -0.4 is 32.1 Å². The van der Waals surface area contributed by atoms with Crippen LogP contribution in [0.1, 0.15) is 0 Å². The first kappa shape index (κ1) is 27.8. The minimum absolute atomic E-state index is 0.0201. The largest absolute Gasteiger partial charge is 0.744 e. The van der Waals surface area contributed by atoms with Crippen molar-refractivity contribution in [2.24, 2.45) is 0 Å². The van der Waals surface area contributed by atoms with E-state index in [1.165, 1.54) is 0 Å². The fourth-order valence-corrected chi connectivity index (χ4v) is 7.24. The van der Waals surface area contributed by atoms with Crippen LogP contribution in [0, 0.1) is 13.0 Å². The van der Waals surface area contributed by atoms with Crippen molar-refractivity contribution >= 4 is 54.0 Å². The van der Waals surface area contributed by atoms with E-state index in [4.69, 9.17) is 8.83 Å². The van der Waals surface area contributed by atoms with Crippen LogP contribution in [0.5, 0.6) is 0 Å². The van der Waals surface area contributed by atoms with Gasteiger partial charge in [-0.15, -0.1) is 0 Å². The Morgan fingerprint density at radius 3 is 1.45 bits per heavy atom. The second-order valence-corrected chi connectivity index (χ2v) is 13.5. The summed E-state index contributed by atoms with van der Waals surface area (Å²) in [6, 6.07) is 29.9. The van der Waals surface area contributed by atoms with Gasteiger partial charge in [0.15, 0.2) is 7.14 Å². The van der Waals surface area contributed by atoms with Crippen LogP contribution in [-0.2, 0) is 10.1 Å². The molecular weight excluding hydrogens is 674 g/mol. The standard InChI is InChI=1S/C26H14IO4.C6H5FO3S/c28-25-17-5-1-3-7-21(17)30-23-11-9-15(13-19(23)25)27-16-10-12-24-20(14-16)26(29)18-6-2-4-8-22(18)31-24;7-5-1-3-6(4-2-5)11(8,9)10/h1-14H;1-4H,(H,8,9,10)/q+1;/p-1. The molecule has 208 valence electrons. The highest BCUT2D eigenvalue weighted by Gasteiger charge is 2.20. The van der Waals surface area contributed by atoms with Gasteiger partial charge in [-0.25, -0.2) is 12.8 Å². The SMILES string of the molecule is O=S(=O)([O-])c1ccc(F)cc1.O=c1c2ccccc2oc2ccc([I+]c3ccc4oc5ccccc5c(=O)c4c3)cc12. The Kier molecular flexibility index (Phi) is 7.35. The molecule has 0 saturated carbocycles. The molecule has 0 aliphatic rings. The molecule has 5 aromatic carbocycles. The van der Waals surface area contributed by atoms with Crippen LogP contribution in [0.25, 0.3) is 43.9 Å². The van der Waals surface area contributed by atoms with Gasteiger partial charge in [0, 0.05) is 12.1 Å². The molecule has 0 aliphatic heterocycles. The first-order chi connectivity index (χ1) is 20.2. The molecule has 7 aromatic rings. The quantitative estimate of drug-likeness (QED) is 0.159. The van der Waals surface area contributed by atoms with Gasteiger partial charge in [-0.2, -0.15) is 0 Å². The van der Waals surface area contributed by atoms with E-state index in [-0.39, 0.29) is 10.9 Å². The van der Waals surface area contributed by atoms with E-state index in [2.05, 4.69) is 0 Å². The third-order valence-electron chi connectivity index (χ3n) is 6.40. The Morgan fingerprint density at radius 2 is 1.00 bits per heavy atom. The average Bonchev–Trinajstić information content (AvgIpc) is 2.98. The van der Waals surface area contributed by atoms with E-state index in [0.717, 1.165) is 31.4 Å². The van der Waals surface area contributed by atoms with Crippen LogP contribution in [0.4, 0.5) is 4.39 Å². The molecule has 2 aromatic heterocycles. The topological polar surface area (TPSA) is 118 Å². The first-order valence-corrected chi connectivity index (χ1v) is 16.0.